The van der Waals surface area contributed by atoms with Crippen LogP contribution in [0.2, 0.25) is 0 Å². The first-order chi connectivity index (χ1) is 31.2. The number of hydrogen-bond acceptors (Lipinski definition) is 2. The molecule has 2 atom stereocenters. The maximum Gasteiger partial charge on any atom is 0.416 e. The Balaban J connectivity index is 1.76. The van der Waals surface area contributed by atoms with Crippen molar-refractivity contribution >= 4 is 21.9 Å². The van der Waals surface area contributed by atoms with Crippen LogP contribution in [0.3, 0.4) is 0 Å². The summed E-state index contributed by atoms with van der Waals surface area (Å²) in [6.07, 6.45) is -17.5. The number of methoxy groups -OCH3 is 2. The van der Waals surface area contributed by atoms with Crippen LogP contribution >= 0.6 is 0 Å². The number of nitrogens with zero attached hydrogens (tertiary/aromatic N) is 1. The second kappa shape index (κ2) is 16.7. The Morgan fingerprint density at radius 1 is 0.588 bits per heavy atom. The van der Waals surface area contributed by atoms with E-state index in [1.165, 1.54) is 14.2 Å². The van der Waals surface area contributed by atoms with E-state index in [2.05, 4.69) is 6.08 Å². The molecule has 1 aliphatic heterocycles. The minimum Gasteiger partial charge on any atom is -0.496 e. The zero-order valence-corrected chi connectivity index (χ0v) is 38.9. The first kappa shape index (κ1) is 50.1. The molecule has 3 nitrogen and oxygen atoms in total. The largest absolute Gasteiger partial charge is 0.496 e. The van der Waals surface area contributed by atoms with Gasteiger partial charge in [0.1, 0.15) is 41.6 Å². The van der Waals surface area contributed by atoms with E-state index in [1.54, 1.807) is 54.7 Å². The number of halogens is 12. The molecule has 5 aromatic rings. The van der Waals surface area contributed by atoms with Crippen molar-refractivity contribution < 1.29 is 66.6 Å². The third-order valence-corrected chi connectivity index (χ3v) is 12.9. The molecule has 1 heterocycles. The Morgan fingerprint density at radius 2 is 1.09 bits per heavy atom. The molecule has 0 aromatic heterocycles. The highest BCUT2D eigenvalue weighted by molar-refractivity contribution is 6.00. The van der Waals surface area contributed by atoms with Crippen LogP contribution in [0.15, 0.2) is 102 Å². The Kier molecular flexibility index (Phi) is 12.3. The first-order valence-corrected chi connectivity index (χ1v) is 21.5. The number of rotatable bonds is 6. The number of quaternary nitrogens is 1. The lowest BCUT2D eigenvalue weighted by atomic mass is 9.73. The second-order valence-electron chi connectivity index (χ2n) is 19.7. The Bertz CT molecular complexity index is 2850. The van der Waals surface area contributed by atoms with Crippen LogP contribution in [-0.2, 0) is 41.4 Å². The van der Waals surface area contributed by atoms with Crippen LogP contribution in [0.4, 0.5) is 52.7 Å². The molecular formula is C53H49F12NO2+2. The van der Waals surface area contributed by atoms with E-state index >= 15 is 0 Å². The molecule has 0 amide bonds. The van der Waals surface area contributed by atoms with Gasteiger partial charge < -0.3 is 14.0 Å². The fraction of sp³-hybridized carbons (Fsp3) is 0.358. The van der Waals surface area contributed by atoms with E-state index in [0.717, 1.165) is 16.3 Å². The molecule has 5 aromatic carbocycles. The van der Waals surface area contributed by atoms with Gasteiger partial charge in [0.05, 0.1) is 54.6 Å². The quantitative estimate of drug-likeness (QED) is 0.0959. The van der Waals surface area contributed by atoms with Crippen LogP contribution in [-0.4, -0.2) is 32.3 Å². The minimum absolute atomic E-state index is 0.0195. The van der Waals surface area contributed by atoms with E-state index in [0.29, 0.717) is 29.8 Å². The van der Waals surface area contributed by atoms with Gasteiger partial charge in [0.15, 0.2) is 5.57 Å². The maximum absolute atomic E-state index is 14.7. The zero-order valence-electron chi connectivity index (χ0n) is 38.9. The lowest BCUT2D eigenvalue weighted by Gasteiger charge is -2.40. The molecule has 68 heavy (non-hydrogen) atoms. The smallest absolute Gasteiger partial charge is 0.416 e. The Morgan fingerprint density at radius 3 is 1.56 bits per heavy atom. The van der Waals surface area contributed by atoms with Gasteiger partial charge in [-0.3, -0.25) is 0 Å². The average molecular weight is 960 g/mol. The van der Waals surface area contributed by atoms with Crippen LogP contribution in [0.25, 0.3) is 33.0 Å². The highest BCUT2D eigenvalue weighted by Crippen LogP contribution is 2.55. The molecule has 15 heteroatoms. The van der Waals surface area contributed by atoms with Gasteiger partial charge in [-0.15, -0.1) is 0 Å². The van der Waals surface area contributed by atoms with Gasteiger partial charge in [0.2, 0.25) is 5.76 Å². The molecule has 0 radical (unpaired) electrons. The summed E-state index contributed by atoms with van der Waals surface area (Å²) >= 11 is 0. The van der Waals surface area contributed by atoms with Gasteiger partial charge in [0, 0.05) is 33.7 Å². The minimum atomic E-state index is -5.23. The van der Waals surface area contributed by atoms with E-state index in [4.69, 9.17) is 9.47 Å². The molecule has 360 valence electrons. The highest BCUT2D eigenvalue weighted by Gasteiger charge is 2.50. The van der Waals surface area contributed by atoms with Crippen molar-refractivity contribution in [1.29, 1.82) is 0 Å². The summed E-state index contributed by atoms with van der Waals surface area (Å²) in [6.45, 7) is 12.1. The third-order valence-electron chi connectivity index (χ3n) is 12.9. The van der Waals surface area contributed by atoms with E-state index in [9.17, 15) is 52.7 Å². The van der Waals surface area contributed by atoms with Crippen molar-refractivity contribution in [3.63, 3.8) is 0 Å². The number of likely N-dealkylation sites (N-methyl/N-ethyl adjacent to an activating group) is 1. The van der Waals surface area contributed by atoms with Crippen molar-refractivity contribution in [1.82, 2.24) is 0 Å². The van der Waals surface area contributed by atoms with Crippen LogP contribution < -0.4 is 4.74 Å². The van der Waals surface area contributed by atoms with Gasteiger partial charge in [-0.1, -0.05) is 84.0 Å². The molecule has 1 unspecified atom stereocenters. The van der Waals surface area contributed by atoms with Crippen LogP contribution in [0.1, 0.15) is 105 Å². The van der Waals surface area contributed by atoms with Crippen molar-refractivity contribution in [2.75, 3.05) is 27.8 Å². The molecule has 0 fully saturated rings. The molecule has 7 rings (SSSR count). The van der Waals surface area contributed by atoms with Crippen molar-refractivity contribution in [2.24, 2.45) is 5.41 Å². The van der Waals surface area contributed by atoms with Crippen molar-refractivity contribution in [3.8, 4) is 16.9 Å². The number of benzene rings is 5. The predicted molar refractivity (Wildman–Crippen MR) is 238 cm³/mol. The fourth-order valence-electron chi connectivity index (χ4n) is 9.44. The lowest BCUT2D eigenvalue weighted by Crippen LogP contribution is -2.46. The number of fused-ring (bicyclic) bond motifs is 4. The van der Waals surface area contributed by atoms with Gasteiger partial charge in [0.25, 0.3) is 0 Å². The van der Waals surface area contributed by atoms with E-state index in [-0.39, 0.29) is 80.2 Å². The van der Waals surface area contributed by atoms with Crippen LogP contribution in [0, 0.1) is 11.5 Å². The summed E-state index contributed by atoms with van der Waals surface area (Å²) in [6, 6.07) is 16.7. The average Bonchev–Trinajstić information content (AvgIpc) is 3.35. The topological polar surface area (TPSA) is 18.5 Å². The molecule has 0 N–H and O–H groups in total. The Labute approximate surface area is 387 Å². The summed E-state index contributed by atoms with van der Waals surface area (Å²) in [5.74, 6) is -0.0806. The standard InChI is InChI=1S/C53H49F12NO2/c1-28(36-17-13-15-29-14-11-12-16-37(29)36)66(8)26-40-38(24-42(48(2,3)4)46(67-9)44(40)30-18-32(50(54,55)56)22-33(19-30)51(57,58)59)39-25-43(49(5,6)7)47(68-10)45(41(39)27-66)31-20-34(52(60,61)62)23-35(21-31)53(63,64)65/h11-24,28H,26-27H2,1-10H3/q+2/t28?,66-/m1/s1. The van der Waals surface area contributed by atoms with Gasteiger partial charge in [-0.2, -0.15) is 52.7 Å². The molecule has 0 spiro atoms. The summed E-state index contributed by atoms with van der Waals surface area (Å²) in [5.41, 5.74) is -7.27. The van der Waals surface area contributed by atoms with Gasteiger partial charge >= 0.3 is 24.7 Å². The fourth-order valence-corrected chi connectivity index (χ4v) is 9.44. The van der Waals surface area contributed by atoms with E-state index in [1.807, 2.05) is 49.4 Å². The normalized spacial score (nSPS) is 17.9. The van der Waals surface area contributed by atoms with Crippen LogP contribution in [0.5, 0.6) is 5.75 Å². The van der Waals surface area contributed by atoms with Gasteiger partial charge in [-0.05, 0) is 71.1 Å². The molecule has 1 aliphatic carbocycles. The van der Waals surface area contributed by atoms with Crippen molar-refractivity contribution in [2.45, 2.75) is 91.2 Å². The number of ether oxygens (including phenoxy) is 2. The van der Waals surface area contributed by atoms with Gasteiger partial charge in [-0.25, -0.2) is 0 Å². The summed E-state index contributed by atoms with van der Waals surface area (Å²) in [7, 11) is 4.29. The predicted octanol–water partition coefficient (Wildman–Crippen LogP) is 16.2. The van der Waals surface area contributed by atoms with E-state index < -0.39 is 75.0 Å². The first-order valence-electron chi connectivity index (χ1n) is 21.5. The molecule has 0 saturated carbocycles. The van der Waals surface area contributed by atoms with Crippen molar-refractivity contribution in [3.05, 3.63) is 158 Å². The molecule has 2 aliphatic rings. The second-order valence-corrected chi connectivity index (χ2v) is 19.7. The lowest BCUT2D eigenvalue weighted by molar-refractivity contribution is -0.945. The number of allylic oxidation sites excluding steroid dienone is 3. The number of hydrogen-bond donors (Lipinski definition) is 0. The number of alkyl halides is 12. The summed E-state index contributed by atoms with van der Waals surface area (Å²) in [4.78, 5) is 0. The summed E-state index contributed by atoms with van der Waals surface area (Å²) in [5, 5.41) is 1.65. The Hall–Kier alpha value is -5.79. The molecule has 0 bridgehead atoms. The summed E-state index contributed by atoms with van der Waals surface area (Å²) < 4.78 is 189. The molecule has 0 saturated heterocycles. The monoisotopic (exact) mass is 959 g/mol. The zero-order chi connectivity index (χ0) is 50.5. The molecular weight excluding hydrogens is 911 g/mol. The highest BCUT2D eigenvalue weighted by atomic mass is 19.4. The third kappa shape index (κ3) is 9.23. The SMILES string of the molecule is COC1=C(C(C)(C)C)[C+]=C2C(=C1c1cc(C(F)(F)F)cc(C(F)(F)F)c1)C[N@+](C)(C(C)c1cccc3ccccc13)Cc1c2cc(C(C)(C)C)c(OC)c1-c1cc(C(F)(F)F)cc(C(F)(F)F)c1. The maximum atomic E-state index is 14.7.